The number of hydrogen-bond donors (Lipinski definition) is 2. The number of rotatable bonds is 4. The van der Waals surface area contributed by atoms with Crippen molar-refractivity contribution >= 4 is 22.9 Å². The van der Waals surface area contributed by atoms with Crippen LogP contribution in [0.5, 0.6) is 0 Å². The lowest BCUT2D eigenvalue weighted by Gasteiger charge is -2.19. The Morgan fingerprint density at radius 3 is 2.89 bits per heavy atom. The summed E-state index contributed by atoms with van der Waals surface area (Å²) in [5.74, 6) is -0.388. The van der Waals surface area contributed by atoms with Gasteiger partial charge in [-0.2, -0.15) is 5.10 Å². The molecule has 136 valence electrons. The molecule has 2 aliphatic rings. The molecule has 0 amide bonds. The molecule has 0 spiro atoms. The Kier molecular flexibility index (Phi) is 3.63. The molecule has 2 aromatic heterocycles. The van der Waals surface area contributed by atoms with Crippen LogP contribution in [0.4, 0.5) is 8.78 Å². The van der Waals surface area contributed by atoms with E-state index in [1.807, 2.05) is 6.07 Å². The summed E-state index contributed by atoms with van der Waals surface area (Å²) in [6.07, 6.45) is 7.31. The average molecular weight is 366 g/mol. The van der Waals surface area contributed by atoms with Gasteiger partial charge in [-0.05, 0) is 36.6 Å². The van der Waals surface area contributed by atoms with Crippen LogP contribution >= 0.6 is 0 Å². The summed E-state index contributed by atoms with van der Waals surface area (Å²) in [6.45, 7) is 0.525. The molecule has 1 aliphatic heterocycles. The minimum atomic E-state index is -0.688. The second-order valence-corrected chi connectivity index (χ2v) is 6.63. The molecule has 8 heteroatoms. The van der Waals surface area contributed by atoms with Gasteiger partial charge in [-0.15, -0.1) is 0 Å². The molecule has 0 bridgehead atoms. The van der Waals surface area contributed by atoms with Gasteiger partial charge in [0.25, 0.3) is 0 Å². The summed E-state index contributed by atoms with van der Waals surface area (Å²) < 4.78 is 28.9. The van der Waals surface area contributed by atoms with E-state index in [1.54, 1.807) is 18.7 Å². The molecule has 6 nitrogen and oxygen atoms in total. The highest BCUT2D eigenvalue weighted by Gasteiger charge is 2.25. The Hall–Kier alpha value is -3.29. The summed E-state index contributed by atoms with van der Waals surface area (Å²) in [7, 11) is 0. The van der Waals surface area contributed by atoms with Crippen molar-refractivity contribution in [3.63, 3.8) is 0 Å². The minimum Gasteiger partial charge on any atom is -0.369 e. The van der Waals surface area contributed by atoms with Gasteiger partial charge in [0.15, 0.2) is 11.5 Å². The number of hydrogen-bond acceptors (Lipinski definition) is 5. The van der Waals surface area contributed by atoms with Crippen molar-refractivity contribution in [2.75, 3.05) is 6.54 Å². The third-order valence-corrected chi connectivity index (χ3v) is 4.71. The maximum atomic E-state index is 14.2. The number of halogens is 2. The lowest BCUT2D eigenvalue weighted by molar-refractivity contribution is 0.574. The Morgan fingerprint density at radius 1 is 1.19 bits per heavy atom. The normalized spacial score (nSPS) is 16.7. The van der Waals surface area contributed by atoms with Crippen LogP contribution in [0, 0.1) is 11.6 Å². The predicted octanol–water partition coefficient (Wildman–Crippen LogP) is 2.75. The zero-order valence-electron chi connectivity index (χ0n) is 14.3. The van der Waals surface area contributed by atoms with Crippen LogP contribution in [-0.4, -0.2) is 33.7 Å². The van der Waals surface area contributed by atoms with Crippen molar-refractivity contribution in [1.29, 1.82) is 0 Å². The highest BCUT2D eigenvalue weighted by Crippen LogP contribution is 2.29. The van der Waals surface area contributed by atoms with E-state index in [1.165, 1.54) is 16.8 Å². The molecular weight excluding hydrogens is 350 g/mol. The van der Waals surface area contributed by atoms with Crippen molar-refractivity contribution in [3.8, 4) is 5.69 Å². The molecule has 5 rings (SSSR count). The minimum absolute atomic E-state index is 0.154. The Bertz CT molecular complexity index is 1100. The van der Waals surface area contributed by atoms with Crippen LogP contribution in [0.15, 0.2) is 47.5 Å². The molecule has 27 heavy (non-hydrogen) atoms. The smallest absolute Gasteiger partial charge is 0.163 e. The molecule has 0 saturated heterocycles. The van der Waals surface area contributed by atoms with Gasteiger partial charge in [-0.3, -0.25) is 4.99 Å². The highest BCUT2D eigenvalue weighted by atomic mass is 19.1. The fourth-order valence-corrected chi connectivity index (χ4v) is 3.21. The van der Waals surface area contributed by atoms with Crippen LogP contribution in [0.2, 0.25) is 0 Å². The first kappa shape index (κ1) is 15.9. The van der Waals surface area contributed by atoms with E-state index in [9.17, 15) is 8.78 Å². The molecule has 1 aliphatic carbocycles. The molecule has 0 radical (unpaired) electrons. The first-order valence-corrected chi connectivity index (χ1v) is 8.74. The van der Waals surface area contributed by atoms with Crippen LogP contribution in [0.25, 0.3) is 22.3 Å². The zero-order chi connectivity index (χ0) is 18.4. The van der Waals surface area contributed by atoms with Gasteiger partial charge in [0.05, 0.1) is 19.1 Å². The number of nitrogens with one attached hydrogen (secondary N) is 2. The molecule has 1 saturated carbocycles. The first-order valence-electron chi connectivity index (χ1n) is 8.74. The highest BCUT2D eigenvalue weighted by molar-refractivity contribution is 5.92. The second-order valence-electron chi connectivity index (χ2n) is 6.63. The summed E-state index contributed by atoms with van der Waals surface area (Å²) in [6, 6.07) is 5.80. The van der Waals surface area contributed by atoms with Crippen molar-refractivity contribution in [2.24, 2.45) is 4.99 Å². The lowest BCUT2D eigenvalue weighted by Crippen LogP contribution is -2.31. The van der Waals surface area contributed by atoms with E-state index in [2.05, 4.69) is 25.7 Å². The molecular formula is C19H16F2N6. The maximum Gasteiger partial charge on any atom is 0.163 e. The average Bonchev–Trinajstić information content (AvgIpc) is 3.38. The molecule has 1 aromatic carbocycles. The van der Waals surface area contributed by atoms with Crippen LogP contribution in [0.3, 0.4) is 0 Å². The predicted molar refractivity (Wildman–Crippen MR) is 98.4 cm³/mol. The van der Waals surface area contributed by atoms with Gasteiger partial charge in [-0.1, -0.05) is 0 Å². The van der Waals surface area contributed by atoms with E-state index >= 15 is 0 Å². The SMILES string of the molecule is Fc1ccc(-n2ncc3c(C4=C(NC5CC5)NC=NC4)ccnc32)c(F)c1. The molecule has 0 atom stereocenters. The Morgan fingerprint density at radius 2 is 2.07 bits per heavy atom. The molecule has 3 aromatic rings. The summed E-state index contributed by atoms with van der Waals surface area (Å²) in [5.41, 5.74) is 2.60. The second kappa shape index (κ2) is 6.15. The van der Waals surface area contributed by atoms with E-state index in [-0.39, 0.29) is 5.69 Å². The number of benzene rings is 1. The number of fused-ring (bicyclic) bond motifs is 1. The fourth-order valence-electron chi connectivity index (χ4n) is 3.21. The Labute approximate surface area is 153 Å². The van der Waals surface area contributed by atoms with Crippen LogP contribution in [0.1, 0.15) is 18.4 Å². The van der Waals surface area contributed by atoms with Gasteiger partial charge >= 0.3 is 0 Å². The van der Waals surface area contributed by atoms with Gasteiger partial charge in [0.1, 0.15) is 17.3 Å². The monoisotopic (exact) mass is 366 g/mol. The topological polar surface area (TPSA) is 67.1 Å². The third kappa shape index (κ3) is 2.83. The summed E-state index contributed by atoms with van der Waals surface area (Å²) in [4.78, 5) is 8.70. The summed E-state index contributed by atoms with van der Waals surface area (Å²) in [5, 5.41) is 11.8. The van der Waals surface area contributed by atoms with Gasteiger partial charge in [0.2, 0.25) is 0 Å². The van der Waals surface area contributed by atoms with Crippen molar-refractivity contribution in [2.45, 2.75) is 18.9 Å². The maximum absolute atomic E-state index is 14.2. The Balaban J connectivity index is 1.64. The van der Waals surface area contributed by atoms with E-state index in [0.717, 1.165) is 41.3 Å². The standard InChI is InChI=1S/C19H16F2N6/c20-11-1-4-17(16(21)7-11)27-19-15(9-25-27)13(5-6-23-19)14-8-22-10-24-18(14)26-12-2-3-12/h1,4-7,9-10,12,26H,2-3,8H2,(H,22,24). The van der Waals surface area contributed by atoms with Gasteiger partial charge in [-0.25, -0.2) is 18.4 Å². The molecule has 2 N–H and O–H groups in total. The molecule has 3 heterocycles. The van der Waals surface area contributed by atoms with E-state index in [4.69, 9.17) is 0 Å². The van der Waals surface area contributed by atoms with Crippen LogP contribution in [-0.2, 0) is 0 Å². The fraction of sp³-hybridized carbons (Fsp3) is 0.211. The first-order chi connectivity index (χ1) is 13.2. The lowest BCUT2D eigenvalue weighted by atomic mass is 10.0. The zero-order valence-corrected chi connectivity index (χ0v) is 14.3. The quantitative estimate of drug-likeness (QED) is 0.745. The summed E-state index contributed by atoms with van der Waals surface area (Å²) >= 11 is 0. The van der Waals surface area contributed by atoms with E-state index < -0.39 is 11.6 Å². The number of aromatic nitrogens is 3. The van der Waals surface area contributed by atoms with Crippen molar-refractivity contribution < 1.29 is 8.78 Å². The number of pyridine rings is 1. The van der Waals surface area contributed by atoms with Crippen molar-refractivity contribution in [3.05, 3.63) is 59.7 Å². The van der Waals surface area contributed by atoms with Gasteiger partial charge < -0.3 is 10.6 Å². The van der Waals surface area contributed by atoms with E-state index in [0.29, 0.717) is 18.2 Å². The van der Waals surface area contributed by atoms with Gasteiger partial charge in [0, 0.05) is 29.3 Å². The van der Waals surface area contributed by atoms with Crippen molar-refractivity contribution in [1.82, 2.24) is 25.4 Å². The molecule has 1 fully saturated rings. The third-order valence-electron chi connectivity index (χ3n) is 4.71. The van der Waals surface area contributed by atoms with Crippen LogP contribution < -0.4 is 10.6 Å². The number of aliphatic imine (C=N–C) groups is 1. The largest absolute Gasteiger partial charge is 0.369 e. The number of nitrogens with zero attached hydrogens (tertiary/aromatic N) is 4. The molecule has 0 unspecified atom stereocenters.